The molecule has 4 rings (SSSR count). The monoisotopic (exact) mass is 597 g/mol. The lowest BCUT2D eigenvalue weighted by atomic mass is 10.2. The number of amides is 1. The minimum Gasteiger partial charge on any atom is -0.354 e. The van der Waals surface area contributed by atoms with Gasteiger partial charge in [0.15, 0.2) is 5.13 Å². The molecule has 0 atom stereocenters. The topological polar surface area (TPSA) is 86.3 Å². The molecule has 1 aliphatic rings. The van der Waals surface area contributed by atoms with Crippen molar-refractivity contribution >= 4 is 73.9 Å². The molecule has 2 aromatic heterocycles. The van der Waals surface area contributed by atoms with Crippen molar-refractivity contribution in [1.29, 1.82) is 0 Å². The number of para-hydroxylation sites is 1. The van der Waals surface area contributed by atoms with E-state index in [4.69, 9.17) is 11.6 Å². The maximum atomic E-state index is 12.7. The number of piperazine rings is 1. The van der Waals surface area contributed by atoms with Crippen LogP contribution in [0.25, 0.3) is 0 Å². The van der Waals surface area contributed by atoms with E-state index in [0.717, 1.165) is 48.5 Å². The highest BCUT2D eigenvalue weighted by Gasteiger charge is 2.19. The van der Waals surface area contributed by atoms with Crippen LogP contribution in [0.3, 0.4) is 0 Å². The van der Waals surface area contributed by atoms with Crippen LogP contribution in [-0.4, -0.2) is 62.9 Å². The maximum Gasteiger partial charge on any atom is 0.267 e. The van der Waals surface area contributed by atoms with E-state index < -0.39 is 0 Å². The average molecular weight is 598 g/mol. The van der Waals surface area contributed by atoms with E-state index in [1.54, 1.807) is 12.3 Å². The van der Waals surface area contributed by atoms with Gasteiger partial charge >= 0.3 is 0 Å². The Kier molecular flexibility index (Phi) is 7.99. The Labute approximate surface area is 215 Å². The van der Waals surface area contributed by atoms with E-state index in [1.165, 1.54) is 11.3 Å². The third-order valence-electron chi connectivity index (χ3n) is 5.35. The minimum absolute atomic E-state index is 0.249. The van der Waals surface area contributed by atoms with Gasteiger partial charge in [-0.2, -0.15) is 0 Å². The molecule has 0 unspecified atom stereocenters. The van der Waals surface area contributed by atoms with Crippen LogP contribution in [0, 0.1) is 13.8 Å². The Balaban J connectivity index is 1.43. The molecule has 0 aliphatic carbocycles. The zero-order valence-electron chi connectivity index (χ0n) is 18.4. The summed E-state index contributed by atoms with van der Waals surface area (Å²) in [6.07, 6.45) is 1.55. The summed E-state index contributed by atoms with van der Waals surface area (Å²) in [6, 6.07) is 7.45. The number of hydrogen-bond acceptors (Lipinski definition) is 8. The van der Waals surface area contributed by atoms with Crippen LogP contribution in [0.2, 0.25) is 5.02 Å². The van der Waals surface area contributed by atoms with Crippen LogP contribution in [0.5, 0.6) is 0 Å². The highest BCUT2D eigenvalue weighted by molar-refractivity contribution is 14.1. The summed E-state index contributed by atoms with van der Waals surface area (Å²) in [6.45, 7) is 8.85. The molecule has 0 spiro atoms. The number of aromatic nitrogens is 3. The van der Waals surface area contributed by atoms with E-state index in [-0.39, 0.29) is 5.91 Å². The zero-order chi connectivity index (χ0) is 23.4. The van der Waals surface area contributed by atoms with Gasteiger partial charge < -0.3 is 15.5 Å². The van der Waals surface area contributed by atoms with Crippen molar-refractivity contribution < 1.29 is 4.79 Å². The molecule has 1 aromatic carbocycles. The molecule has 0 bridgehead atoms. The molecule has 3 heterocycles. The lowest BCUT2D eigenvalue weighted by Gasteiger charge is -2.35. The van der Waals surface area contributed by atoms with Gasteiger partial charge in [-0.05, 0) is 25.5 Å². The SMILES string of the molecule is Cc1nc(Nc2ncc(C(=O)Nc3c(C)cccc3Cl)s2)cc(N2CCN(CCI)CC2)n1. The lowest BCUT2D eigenvalue weighted by molar-refractivity contribution is 0.103. The molecule has 1 amide bonds. The fourth-order valence-corrected chi connectivity index (χ4v) is 5.28. The molecule has 3 aromatic rings. The van der Waals surface area contributed by atoms with Gasteiger partial charge in [0.2, 0.25) is 0 Å². The molecule has 174 valence electrons. The summed E-state index contributed by atoms with van der Waals surface area (Å²) in [7, 11) is 0. The molecule has 1 fully saturated rings. The van der Waals surface area contributed by atoms with Gasteiger partial charge in [0.1, 0.15) is 22.3 Å². The first-order valence-electron chi connectivity index (χ1n) is 10.6. The number of aryl methyl sites for hydroxylation is 2. The molecular formula is C22H25ClIN7OS. The molecule has 1 saturated heterocycles. The smallest absolute Gasteiger partial charge is 0.267 e. The maximum absolute atomic E-state index is 12.7. The van der Waals surface area contributed by atoms with Gasteiger partial charge in [-0.15, -0.1) is 0 Å². The van der Waals surface area contributed by atoms with Crippen molar-refractivity contribution in [2.75, 3.05) is 52.7 Å². The van der Waals surface area contributed by atoms with Gasteiger partial charge in [0, 0.05) is 43.2 Å². The Morgan fingerprint density at radius 2 is 2.00 bits per heavy atom. The highest BCUT2D eigenvalue weighted by Crippen LogP contribution is 2.28. The predicted molar refractivity (Wildman–Crippen MR) is 144 cm³/mol. The van der Waals surface area contributed by atoms with Crippen LogP contribution >= 0.6 is 45.5 Å². The van der Waals surface area contributed by atoms with Crippen LogP contribution < -0.4 is 15.5 Å². The highest BCUT2D eigenvalue weighted by atomic mass is 127. The Morgan fingerprint density at radius 3 is 2.73 bits per heavy atom. The second-order valence-electron chi connectivity index (χ2n) is 7.72. The first kappa shape index (κ1) is 24.1. The summed E-state index contributed by atoms with van der Waals surface area (Å²) in [4.78, 5) is 31.4. The van der Waals surface area contributed by atoms with Crippen molar-refractivity contribution in [2.24, 2.45) is 0 Å². The van der Waals surface area contributed by atoms with Gasteiger partial charge in [0.05, 0.1) is 16.9 Å². The molecule has 0 radical (unpaired) electrons. The number of hydrogen-bond donors (Lipinski definition) is 2. The van der Waals surface area contributed by atoms with Crippen molar-refractivity contribution in [2.45, 2.75) is 13.8 Å². The number of anilines is 4. The number of alkyl halides is 1. The van der Waals surface area contributed by atoms with Crippen molar-refractivity contribution in [3.8, 4) is 0 Å². The van der Waals surface area contributed by atoms with E-state index in [0.29, 0.717) is 32.4 Å². The van der Waals surface area contributed by atoms with Crippen molar-refractivity contribution in [1.82, 2.24) is 19.9 Å². The number of carbonyl (C=O) groups is 1. The summed E-state index contributed by atoms with van der Waals surface area (Å²) in [5, 5.41) is 7.20. The average Bonchev–Trinajstić information content (AvgIpc) is 3.25. The van der Waals surface area contributed by atoms with E-state index in [9.17, 15) is 4.79 Å². The zero-order valence-corrected chi connectivity index (χ0v) is 22.2. The molecule has 2 N–H and O–H groups in total. The Bertz CT molecular complexity index is 1110. The molecule has 0 saturated carbocycles. The number of benzene rings is 1. The first-order chi connectivity index (χ1) is 15.9. The number of nitrogens with one attached hydrogen (secondary N) is 2. The number of thiazole rings is 1. The van der Waals surface area contributed by atoms with Gasteiger partial charge in [-0.25, -0.2) is 15.0 Å². The number of halogens is 2. The third kappa shape index (κ3) is 6.11. The molecular weight excluding hydrogens is 573 g/mol. The predicted octanol–water partition coefficient (Wildman–Crippen LogP) is 4.76. The number of rotatable bonds is 7. The molecule has 11 heteroatoms. The summed E-state index contributed by atoms with van der Waals surface area (Å²) in [5.74, 6) is 2.01. The largest absolute Gasteiger partial charge is 0.354 e. The summed E-state index contributed by atoms with van der Waals surface area (Å²) in [5.41, 5.74) is 1.51. The van der Waals surface area contributed by atoms with Crippen LogP contribution in [0.15, 0.2) is 30.5 Å². The second-order valence-corrected chi connectivity index (χ2v) is 10.2. The van der Waals surface area contributed by atoms with E-state index >= 15 is 0 Å². The molecule has 33 heavy (non-hydrogen) atoms. The lowest BCUT2D eigenvalue weighted by Crippen LogP contribution is -2.47. The quantitative estimate of drug-likeness (QED) is 0.300. The molecule has 8 nitrogen and oxygen atoms in total. The van der Waals surface area contributed by atoms with Gasteiger partial charge in [-0.3, -0.25) is 9.69 Å². The van der Waals surface area contributed by atoms with Crippen LogP contribution in [-0.2, 0) is 0 Å². The summed E-state index contributed by atoms with van der Waals surface area (Å²) >= 11 is 9.91. The second kappa shape index (κ2) is 10.9. The van der Waals surface area contributed by atoms with Crippen molar-refractivity contribution in [3.05, 3.63) is 51.7 Å². The van der Waals surface area contributed by atoms with Gasteiger partial charge in [-0.1, -0.05) is 57.7 Å². The van der Waals surface area contributed by atoms with Crippen LogP contribution in [0.4, 0.5) is 22.5 Å². The fraction of sp³-hybridized carbons (Fsp3) is 0.364. The molecule has 1 aliphatic heterocycles. The van der Waals surface area contributed by atoms with E-state index in [2.05, 4.69) is 58.0 Å². The van der Waals surface area contributed by atoms with Gasteiger partial charge in [0.25, 0.3) is 5.91 Å². The minimum atomic E-state index is -0.249. The number of carbonyl (C=O) groups excluding carboxylic acids is 1. The first-order valence-corrected chi connectivity index (χ1v) is 13.3. The standard InChI is InChI=1S/C22H25ClIN7OS/c1-14-4-3-5-16(23)20(14)29-21(32)17-13-25-22(33-17)28-18-12-19(27-15(2)26-18)31-10-8-30(7-6-24)9-11-31/h3-5,12-13H,6-11H2,1-2H3,(H,29,32)(H,25,26,27,28). The van der Waals surface area contributed by atoms with Crippen molar-refractivity contribution in [3.63, 3.8) is 0 Å². The van der Waals surface area contributed by atoms with Crippen LogP contribution in [0.1, 0.15) is 21.1 Å². The van der Waals surface area contributed by atoms with E-state index in [1.807, 2.05) is 32.0 Å². The Hall–Kier alpha value is -2.02. The summed E-state index contributed by atoms with van der Waals surface area (Å²) < 4.78 is 1.14. The fourth-order valence-electron chi connectivity index (χ4n) is 3.61. The number of nitrogens with zero attached hydrogens (tertiary/aromatic N) is 5. The third-order valence-corrected chi connectivity index (χ3v) is 7.06. The Morgan fingerprint density at radius 1 is 1.21 bits per heavy atom. The normalized spacial score (nSPS) is 14.4.